The molecule has 16 heavy (non-hydrogen) atoms. The molecule has 0 saturated heterocycles. The SMILES string of the molecule is C=CCCCCCCc1ccc(O)c(O)c1. The zero-order valence-corrected chi connectivity index (χ0v) is 9.65. The Morgan fingerprint density at radius 3 is 2.44 bits per heavy atom. The quantitative estimate of drug-likeness (QED) is 0.417. The molecule has 1 aromatic carbocycles. The van der Waals surface area contributed by atoms with Gasteiger partial charge in [0, 0.05) is 0 Å². The number of aryl methyl sites for hydroxylation is 1. The van der Waals surface area contributed by atoms with Crippen LogP contribution in [0.2, 0.25) is 0 Å². The van der Waals surface area contributed by atoms with Crippen molar-refractivity contribution in [3.63, 3.8) is 0 Å². The van der Waals surface area contributed by atoms with Gasteiger partial charge in [-0.25, -0.2) is 0 Å². The van der Waals surface area contributed by atoms with Crippen LogP contribution in [0, 0.1) is 0 Å². The summed E-state index contributed by atoms with van der Waals surface area (Å²) in [5.41, 5.74) is 1.08. The van der Waals surface area contributed by atoms with E-state index >= 15 is 0 Å². The van der Waals surface area contributed by atoms with Crippen molar-refractivity contribution in [2.75, 3.05) is 0 Å². The number of phenols is 2. The number of aromatic hydroxyl groups is 2. The van der Waals surface area contributed by atoms with Crippen LogP contribution in [0.25, 0.3) is 0 Å². The van der Waals surface area contributed by atoms with Crippen molar-refractivity contribution < 1.29 is 10.2 Å². The molecule has 0 aliphatic carbocycles. The van der Waals surface area contributed by atoms with Crippen LogP contribution in [0.4, 0.5) is 0 Å². The highest BCUT2D eigenvalue weighted by Crippen LogP contribution is 2.25. The normalized spacial score (nSPS) is 10.2. The molecule has 2 heteroatoms. The van der Waals surface area contributed by atoms with E-state index in [0.29, 0.717) is 0 Å². The van der Waals surface area contributed by atoms with Crippen molar-refractivity contribution in [2.24, 2.45) is 0 Å². The number of unbranched alkanes of at least 4 members (excludes halogenated alkanes) is 4. The van der Waals surface area contributed by atoms with Crippen LogP contribution in [0.1, 0.15) is 37.7 Å². The third kappa shape index (κ3) is 4.39. The summed E-state index contributed by atoms with van der Waals surface area (Å²) in [5.74, 6) is -0.0705. The molecule has 0 atom stereocenters. The van der Waals surface area contributed by atoms with E-state index in [1.54, 1.807) is 12.1 Å². The summed E-state index contributed by atoms with van der Waals surface area (Å²) in [6.45, 7) is 3.69. The fourth-order valence-electron chi connectivity index (χ4n) is 1.70. The van der Waals surface area contributed by atoms with Crippen molar-refractivity contribution >= 4 is 0 Å². The molecular weight excluding hydrogens is 200 g/mol. The van der Waals surface area contributed by atoms with Gasteiger partial charge in [-0.1, -0.05) is 25.0 Å². The monoisotopic (exact) mass is 220 g/mol. The summed E-state index contributed by atoms with van der Waals surface area (Å²) in [7, 11) is 0. The Morgan fingerprint density at radius 1 is 1.00 bits per heavy atom. The predicted molar refractivity (Wildman–Crippen MR) is 66.8 cm³/mol. The Balaban J connectivity index is 2.21. The number of hydrogen-bond donors (Lipinski definition) is 2. The van der Waals surface area contributed by atoms with Crippen LogP contribution >= 0.6 is 0 Å². The molecule has 2 nitrogen and oxygen atoms in total. The first kappa shape index (κ1) is 12.6. The molecule has 0 heterocycles. The Labute approximate surface area is 97.2 Å². The highest BCUT2D eigenvalue weighted by atomic mass is 16.3. The van der Waals surface area contributed by atoms with Crippen LogP contribution in [0.15, 0.2) is 30.9 Å². The van der Waals surface area contributed by atoms with E-state index in [9.17, 15) is 5.11 Å². The average molecular weight is 220 g/mol. The fourth-order valence-corrected chi connectivity index (χ4v) is 1.70. The Bertz CT molecular complexity index is 332. The third-order valence-corrected chi connectivity index (χ3v) is 2.66. The van der Waals surface area contributed by atoms with Gasteiger partial charge in [-0.15, -0.1) is 6.58 Å². The lowest BCUT2D eigenvalue weighted by Gasteiger charge is -2.03. The molecule has 88 valence electrons. The van der Waals surface area contributed by atoms with E-state index in [1.807, 2.05) is 12.1 Å². The van der Waals surface area contributed by atoms with Gasteiger partial charge in [0.2, 0.25) is 0 Å². The Kier molecular flexibility index (Phi) is 5.48. The van der Waals surface area contributed by atoms with Gasteiger partial charge in [-0.2, -0.15) is 0 Å². The zero-order valence-electron chi connectivity index (χ0n) is 9.65. The molecule has 2 N–H and O–H groups in total. The lowest BCUT2D eigenvalue weighted by molar-refractivity contribution is 0.403. The van der Waals surface area contributed by atoms with Gasteiger partial charge in [0.1, 0.15) is 0 Å². The number of rotatable bonds is 7. The maximum Gasteiger partial charge on any atom is 0.157 e. The van der Waals surface area contributed by atoms with E-state index in [0.717, 1.165) is 24.8 Å². The topological polar surface area (TPSA) is 40.5 Å². The molecule has 0 fully saturated rings. The smallest absolute Gasteiger partial charge is 0.157 e. The average Bonchev–Trinajstić information content (AvgIpc) is 2.28. The number of benzene rings is 1. The van der Waals surface area contributed by atoms with Crippen molar-refractivity contribution in [1.29, 1.82) is 0 Å². The van der Waals surface area contributed by atoms with Crippen molar-refractivity contribution in [3.8, 4) is 11.5 Å². The first-order valence-corrected chi connectivity index (χ1v) is 5.86. The molecule has 1 rings (SSSR count). The molecule has 0 bridgehead atoms. The van der Waals surface area contributed by atoms with Gasteiger partial charge in [-0.3, -0.25) is 0 Å². The summed E-state index contributed by atoms with van der Waals surface area (Å²) >= 11 is 0. The second kappa shape index (κ2) is 6.94. The molecule has 0 radical (unpaired) electrons. The summed E-state index contributed by atoms with van der Waals surface area (Å²) in [6, 6.07) is 5.04. The van der Waals surface area contributed by atoms with Crippen LogP contribution in [-0.4, -0.2) is 10.2 Å². The third-order valence-electron chi connectivity index (χ3n) is 2.66. The van der Waals surface area contributed by atoms with Crippen LogP contribution in [0.3, 0.4) is 0 Å². The number of phenolic OH excluding ortho intramolecular Hbond substituents is 2. The molecule has 0 aliphatic rings. The summed E-state index contributed by atoms with van der Waals surface area (Å²) in [6.07, 6.45) is 8.79. The van der Waals surface area contributed by atoms with Crippen LogP contribution in [0.5, 0.6) is 11.5 Å². The standard InChI is InChI=1S/C14H20O2/c1-2-3-4-5-6-7-8-12-9-10-13(15)14(16)11-12/h2,9-11,15-16H,1,3-8H2. The first-order chi connectivity index (χ1) is 7.74. The van der Waals surface area contributed by atoms with Gasteiger partial charge in [0.05, 0.1) is 0 Å². The fraction of sp³-hybridized carbons (Fsp3) is 0.429. The minimum absolute atomic E-state index is 0.0239. The van der Waals surface area contributed by atoms with Gasteiger partial charge in [-0.05, 0) is 43.4 Å². The Morgan fingerprint density at radius 2 is 1.75 bits per heavy atom. The first-order valence-electron chi connectivity index (χ1n) is 5.86. The maximum absolute atomic E-state index is 9.31. The molecule has 0 aliphatic heterocycles. The largest absolute Gasteiger partial charge is 0.504 e. The van der Waals surface area contributed by atoms with E-state index in [1.165, 1.54) is 19.3 Å². The van der Waals surface area contributed by atoms with E-state index in [4.69, 9.17) is 5.11 Å². The zero-order chi connectivity index (χ0) is 11.8. The molecule has 0 unspecified atom stereocenters. The summed E-state index contributed by atoms with van der Waals surface area (Å²) in [5, 5.41) is 18.5. The maximum atomic E-state index is 9.31. The highest BCUT2D eigenvalue weighted by molar-refractivity contribution is 5.40. The minimum Gasteiger partial charge on any atom is -0.504 e. The number of hydrogen-bond acceptors (Lipinski definition) is 2. The molecule has 0 saturated carbocycles. The van der Waals surface area contributed by atoms with Crippen molar-refractivity contribution in [2.45, 2.75) is 38.5 Å². The second-order valence-electron chi connectivity index (χ2n) is 4.06. The molecule has 0 spiro atoms. The van der Waals surface area contributed by atoms with Gasteiger partial charge >= 0.3 is 0 Å². The van der Waals surface area contributed by atoms with E-state index in [2.05, 4.69) is 6.58 Å². The molecule has 1 aromatic rings. The van der Waals surface area contributed by atoms with E-state index < -0.39 is 0 Å². The van der Waals surface area contributed by atoms with Crippen LogP contribution < -0.4 is 0 Å². The van der Waals surface area contributed by atoms with Gasteiger partial charge in [0.25, 0.3) is 0 Å². The summed E-state index contributed by atoms with van der Waals surface area (Å²) in [4.78, 5) is 0. The van der Waals surface area contributed by atoms with E-state index in [-0.39, 0.29) is 11.5 Å². The summed E-state index contributed by atoms with van der Waals surface area (Å²) < 4.78 is 0. The van der Waals surface area contributed by atoms with Crippen LogP contribution in [-0.2, 0) is 6.42 Å². The minimum atomic E-state index is -0.0465. The highest BCUT2D eigenvalue weighted by Gasteiger charge is 2.00. The molecule has 0 amide bonds. The van der Waals surface area contributed by atoms with Gasteiger partial charge in [0.15, 0.2) is 11.5 Å². The van der Waals surface area contributed by atoms with Crippen molar-refractivity contribution in [3.05, 3.63) is 36.4 Å². The molecular formula is C14H20O2. The Hall–Kier alpha value is -1.44. The number of allylic oxidation sites excluding steroid dienone is 1. The van der Waals surface area contributed by atoms with Gasteiger partial charge < -0.3 is 10.2 Å². The molecule has 0 aromatic heterocycles. The second-order valence-corrected chi connectivity index (χ2v) is 4.06. The van der Waals surface area contributed by atoms with Crippen molar-refractivity contribution in [1.82, 2.24) is 0 Å². The lowest BCUT2D eigenvalue weighted by Crippen LogP contribution is -1.86. The predicted octanol–water partition coefficient (Wildman–Crippen LogP) is 3.78. The lowest BCUT2D eigenvalue weighted by atomic mass is 10.0.